The highest BCUT2D eigenvalue weighted by Gasteiger charge is 2.27. The van der Waals surface area contributed by atoms with Crippen molar-refractivity contribution in [1.29, 1.82) is 0 Å². The standard InChI is InChI=1S/C15H22OS/c1-3-11-6-5-7-12(10-11)15(16)14-9-8-13(4-2)17-14/h8-9,11-12H,3-7,10H2,1-2H3. The Morgan fingerprint density at radius 1 is 1.35 bits per heavy atom. The third-order valence-corrected chi connectivity index (χ3v) is 5.23. The first kappa shape index (κ1) is 12.8. The maximum atomic E-state index is 12.4. The fourth-order valence-electron chi connectivity index (χ4n) is 2.80. The maximum Gasteiger partial charge on any atom is 0.175 e. The Balaban J connectivity index is 2.03. The van der Waals surface area contributed by atoms with Crippen LogP contribution in [0.5, 0.6) is 0 Å². The summed E-state index contributed by atoms with van der Waals surface area (Å²) in [6.07, 6.45) is 7.06. The lowest BCUT2D eigenvalue weighted by atomic mass is 9.78. The second-order valence-electron chi connectivity index (χ2n) is 5.12. The van der Waals surface area contributed by atoms with Crippen molar-refractivity contribution in [3.63, 3.8) is 0 Å². The largest absolute Gasteiger partial charge is 0.293 e. The van der Waals surface area contributed by atoms with E-state index in [4.69, 9.17) is 0 Å². The second-order valence-corrected chi connectivity index (χ2v) is 6.29. The van der Waals surface area contributed by atoms with Crippen LogP contribution in [0, 0.1) is 11.8 Å². The van der Waals surface area contributed by atoms with E-state index in [1.54, 1.807) is 11.3 Å². The van der Waals surface area contributed by atoms with Crippen molar-refractivity contribution in [2.24, 2.45) is 11.8 Å². The molecule has 1 heterocycles. The highest BCUT2D eigenvalue weighted by molar-refractivity contribution is 7.14. The van der Waals surface area contributed by atoms with E-state index in [2.05, 4.69) is 19.9 Å². The lowest BCUT2D eigenvalue weighted by Crippen LogP contribution is -2.22. The number of carbonyl (C=O) groups is 1. The predicted molar refractivity (Wildman–Crippen MR) is 73.8 cm³/mol. The monoisotopic (exact) mass is 250 g/mol. The zero-order valence-corrected chi connectivity index (χ0v) is 11.7. The van der Waals surface area contributed by atoms with E-state index in [0.717, 1.165) is 30.1 Å². The van der Waals surface area contributed by atoms with Crippen LogP contribution in [-0.2, 0) is 6.42 Å². The molecule has 0 aliphatic heterocycles. The van der Waals surface area contributed by atoms with Crippen molar-refractivity contribution in [1.82, 2.24) is 0 Å². The molecule has 17 heavy (non-hydrogen) atoms. The molecule has 0 bridgehead atoms. The number of thiophene rings is 1. The summed E-state index contributed by atoms with van der Waals surface area (Å²) in [6, 6.07) is 4.14. The summed E-state index contributed by atoms with van der Waals surface area (Å²) in [4.78, 5) is 14.7. The summed E-state index contributed by atoms with van der Waals surface area (Å²) in [5.74, 6) is 1.49. The van der Waals surface area contributed by atoms with Crippen LogP contribution in [-0.4, -0.2) is 5.78 Å². The van der Waals surface area contributed by atoms with Crippen LogP contribution in [0.4, 0.5) is 0 Å². The molecule has 2 unspecified atom stereocenters. The van der Waals surface area contributed by atoms with Gasteiger partial charge in [-0.25, -0.2) is 0 Å². The van der Waals surface area contributed by atoms with Crippen LogP contribution in [0.3, 0.4) is 0 Å². The Hall–Kier alpha value is -0.630. The fraction of sp³-hybridized carbons (Fsp3) is 0.667. The van der Waals surface area contributed by atoms with Gasteiger partial charge in [-0.15, -0.1) is 11.3 Å². The van der Waals surface area contributed by atoms with Crippen LogP contribution < -0.4 is 0 Å². The van der Waals surface area contributed by atoms with Crippen molar-refractivity contribution in [3.8, 4) is 0 Å². The number of hydrogen-bond donors (Lipinski definition) is 0. The molecule has 1 aliphatic rings. The van der Waals surface area contributed by atoms with Crippen molar-refractivity contribution < 1.29 is 4.79 Å². The van der Waals surface area contributed by atoms with Gasteiger partial charge in [0.05, 0.1) is 4.88 Å². The Kier molecular flexibility index (Phi) is 4.38. The molecule has 2 atom stereocenters. The van der Waals surface area contributed by atoms with Gasteiger partial charge in [0.1, 0.15) is 0 Å². The lowest BCUT2D eigenvalue weighted by molar-refractivity contribution is 0.0866. The fourth-order valence-corrected chi connectivity index (χ4v) is 3.77. The topological polar surface area (TPSA) is 17.1 Å². The predicted octanol–water partition coefficient (Wildman–Crippen LogP) is 4.71. The third-order valence-electron chi connectivity index (χ3n) is 3.98. The van der Waals surface area contributed by atoms with E-state index in [1.165, 1.54) is 24.1 Å². The minimum atomic E-state index is 0.303. The minimum Gasteiger partial charge on any atom is -0.293 e. The molecule has 1 fully saturated rings. The van der Waals surface area contributed by atoms with Crippen LogP contribution in [0.1, 0.15) is 60.5 Å². The molecule has 94 valence electrons. The van der Waals surface area contributed by atoms with Crippen molar-refractivity contribution >= 4 is 17.1 Å². The number of rotatable bonds is 4. The van der Waals surface area contributed by atoms with Crippen LogP contribution >= 0.6 is 11.3 Å². The Labute approximate surface area is 108 Å². The summed E-state index contributed by atoms with van der Waals surface area (Å²) in [7, 11) is 0. The molecule has 0 aromatic carbocycles. The first-order chi connectivity index (χ1) is 8.24. The number of Topliss-reactive ketones (excluding diaryl/α,β-unsaturated/α-hetero) is 1. The molecule has 0 radical (unpaired) electrons. The van der Waals surface area contributed by atoms with Gasteiger partial charge in [-0.3, -0.25) is 4.79 Å². The average molecular weight is 250 g/mol. The van der Waals surface area contributed by atoms with Gasteiger partial charge in [-0.2, -0.15) is 0 Å². The van der Waals surface area contributed by atoms with E-state index in [9.17, 15) is 4.79 Å². The van der Waals surface area contributed by atoms with Crippen LogP contribution in [0.2, 0.25) is 0 Å². The maximum absolute atomic E-state index is 12.4. The van der Waals surface area contributed by atoms with Gasteiger partial charge in [-0.05, 0) is 37.3 Å². The molecule has 2 rings (SSSR count). The number of ketones is 1. The van der Waals surface area contributed by atoms with E-state index in [1.807, 2.05) is 6.07 Å². The normalized spacial score (nSPS) is 24.8. The molecule has 0 spiro atoms. The second kappa shape index (κ2) is 5.81. The van der Waals surface area contributed by atoms with Gasteiger partial charge in [0.25, 0.3) is 0 Å². The third kappa shape index (κ3) is 2.98. The lowest BCUT2D eigenvalue weighted by Gasteiger charge is -2.27. The Morgan fingerprint density at radius 2 is 2.18 bits per heavy atom. The molecule has 0 saturated heterocycles. The first-order valence-electron chi connectivity index (χ1n) is 6.87. The van der Waals surface area contributed by atoms with Gasteiger partial charge < -0.3 is 0 Å². The first-order valence-corrected chi connectivity index (χ1v) is 7.69. The highest BCUT2D eigenvalue weighted by atomic mass is 32.1. The van der Waals surface area contributed by atoms with E-state index >= 15 is 0 Å². The highest BCUT2D eigenvalue weighted by Crippen LogP contribution is 2.34. The summed E-state index contributed by atoms with van der Waals surface area (Å²) >= 11 is 1.69. The molecule has 0 N–H and O–H groups in total. The zero-order chi connectivity index (χ0) is 12.3. The molecule has 2 heteroatoms. The van der Waals surface area contributed by atoms with Gasteiger partial charge >= 0.3 is 0 Å². The summed E-state index contributed by atoms with van der Waals surface area (Å²) in [6.45, 7) is 4.39. The van der Waals surface area contributed by atoms with Gasteiger partial charge in [-0.1, -0.05) is 33.1 Å². The average Bonchev–Trinajstić information content (AvgIpc) is 2.86. The summed E-state index contributed by atoms with van der Waals surface area (Å²) < 4.78 is 0. The van der Waals surface area contributed by atoms with Gasteiger partial charge in [0, 0.05) is 10.8 Å². The molecule has 1 aromatic heterocycles. The van der Waals surface area contributed by atoms with Gasteiger partial charge in [0.2, 0.25) is 0 Å². The molecular weight excluding hydrogens is 228 g/mol. The molecule has 0 amide bonds. The quantitative estimate of drug-likeness (QED) is 0.707. The van der Waals surface area contributed by atoms with E-state index in [0.29, 0.717) is 11.7 Å². The number of carbonyl (C=O) groups excluding carboxylic acids is 1. The molecule has 1 saturated carbocycles. The van der Waals surface area contributed by atoms with Gasteiger partial charge in [0.15, 0.2) is 5.78 Å². The number of aryl methyl sites for hydroxylation is 1. The minimum absolute atomic E-state index is 0.303. The van der Waals surface area contributed by atoms with E-state index < -0.39 is 0 Å². The smallest absolute Gasteiger partial charge is 0.175 e. The Bertz CT molecular complexity index is 380. The molecule has 1 aromatic rings. The van der Waals surface area contributed by atoms with Crippen molar-refractivity contribution in [2.75, 3.05) is 0 Å². The van der Waals surface area contributed by atoms with Crippen LogP contribution in [0.15, 0.2) is 12.1 Å². The molecular formula is C15H22OS. The van der Waals surface area contributed by atoms with Crippen molar-refractivity contribution in [3.05, 3.63) is 21.9 Å². The van der Waals surface area contributed by atoms with Crippen molar-refractivity contribution in [2.45, 2.75) is 52.4 Å². The Morgan fingerprint density at radius 3 is 2.82 bits per heavy atom. The molecule has 1 aliphatic carbocycles. The number of hydrogen-bond acceptors (Lipinski definition) is 2. The summed E-state index contributed by atoms with van der Waals surface area (Å²) in [5, 5.41) is 0. The van der Waals surface area contributed by atoms with Crippen LogP contribution in [0.25, 0.3) is 0 Å². The zero-order valence-electron chi connectivity index (χ0n) is 10.9. The molecule has 1 nitrogen and oxygen atoms in total. The SMILES string of the molecule is CCc1ccc(C(=O)C2CCCC(CC)C2)s1. The summed E-state index contributed by atoms with van der Waals surface area (Å²) in [5.41, 5.74) is 0. The van der Waals surface area contributed by atoms with E-state index in [-0.39, 0.29) is 0 Å².